The Morgan fingerprint density at radius 2 is 1.84 bits per heavy atom. The molecule has 1 heterocycles. The summed E-state index contributed by atoms with van der Waals surface area (Å²) < 4.78 is 5.63. The molecule has 1 aromatic carbocycles. The van der Waals surface area contributed by atoms with Gasteiger partial charge in [0.05, 0.1) is 0 Å². The van der Waals surface area contributed by atoms with Gasteiger partial charge in [0.1, 0.15) is 5.75 Å². The summed E-state index contributed by atoms with van der Waals surface area (Å²) >= 11 is 0. The number of carbonyl (C=O) groups is 1. The second kappa shape index (κ2) is 7.20. The summed E-state index contributed by atoms with van der Waals surface area (Å²) in [5.74, 6) is 3.36. The number of allylic oxidation sites excluding steroid dienone is 2. The fraction of sp³-hybridized carbons (Fsp3) is 0.571. The van der Waals surface area contributed by atoms with Crippen LogP contribution in [0.5, 0.6) is 5.75 Å². The molecule has 1 amide bonds. The zero-order valence-electron chi connectivity index (χ0n) is 15.1. The van der Waals surface area contributed by atoms with Crippen LogP contribution in [-0.2, 0) is 4.79 Å². The van der Waals surface area contributed by atoms with Crippen molar-refractivity contribution in [2.24, 2.45) is 17.8 Å². The number of benzene rings is 1. The average Bonchev–Trinajstić information content (AvgIpc) is 3.25. The maximum absolute atomic E-state index is 12.4. The molecule has 2 fully saturated rings. The molecule has 25 heavy (non-hydrogen) atoms. The Balaban J connectivity index is 1.19. The summed E-state index contributed by atoms with van der Waals surface area (Å²) in [5.41, 5.74) is 1.20. The summed E-state index contributed by atoms with van der Waals surface area (Å²) in [4.78, 5) is 16.9. The highest BCUT2D eigenvalue weighted by molar-refractivity contribution is 5.77. The topological polar surface area (TPSA) is 32.8 Å². The molecule has 2 aliphatic carbocycles. The molecule has 3 atom stereocenters. The summed E-state index contributed by atoms with van der Waals surface area (Å²) in [5, 5.41) is 0. The van der Waals surface area contributed by atoms with E-state index in [0.29, 0.717) is 0 Å². The first kappa shape index (κ1) is 16.6. The number of carbonyl (C=O) groups excluding carboxylic acids is 1. The molecular formula is C21H28N2O2. The van der Waals surface area contributed by atoms with Crippen molar-refractivity contribution in [1.82, 2.24) is 9.80 Å². The van der Waals surface area contributed by atoms with Gasteiger partial charge in [-0.25, -0.2) is 0 Å². The van der Waals surface area contributed by atoms with Crippen molar-refractivity contribution in [2.75, 3.05) is 39.3 Å². The third kappa shape index (κ3) is 3.90. The molecule has 2 bridgehead atoms. The first-order valence-corrected chi connectivity index (χ1v) is 9.55. The van der Waals surface area contributed by atoms with E-state index in [2.05, 4.69) is 17.1 Å². The van der Waals surface area contributed by atoms with E-state index in [4.69, 9.17) is 4.74 Å². The van der Waals surface area contributed by atoms with Crippen LogP contribution in [0.1, 0.15) is 18.4 Å². The van der Waals surface area contributed by atoms with Crippen molar-refractivity contribution in [3.05, 3.63) is 42.0 Å². The Morgan fingerprint density at radius 1 is 1.08 bits per heavy atom. The van der Waals surface area contributed by atoms with Crippen LogP contribution in [-0.4, -0.2) is 55.0 Å². The smallest absolute Gasteiger partial charge is 0.260 e. The number of ether oxygens (including phenoxy) is 1. The summed E-state index contributed by atoms with van der Waals surface area (Å²) in [6.45, 7) is 7.02. The van der Waals surface area contributed by atoms with E-state index in [0.717, 1.165) is 49.7 Å². The van der Waals surface area contributed by atoms with Gasteiger partial charge >= 0.3 is 0 Å². The van der Waals surface area contributed by atoms with Gasteiger partial charge in [0, 0.05) is 32.7 Å². The van der Waals surface area contributed by atoms with Crippen molar-refractivity contribution in [3.8, 4) is 5.75 Å². The van der Waals surface area contributed by atoms with E-state index >= 15 is 0 Å². The summed E-state index contributed by atoms with van der Waals surface area (Å²) in [6, 6.07) is 7.85. The number of piperazine rings is 1. The van der Waals surface area contributed by atoms with Crippen LogP contribution in [0.15, 0.2) is 36.4 Å². The minimum Gasteiger partial charge on any atom is -0.484 e. The Labute approximate surface area is 150 Å². The van der Waals surface area contributed by atoms with Crippen LogP contribution in [0.3, 0.4) is 0 Å². The summed E-state index contributed by atoms with van der Waals surface area (Å²) in [6.07, 6.45) is 7.58. The van der Waals surface area contributed by atoms with Gasteiger partial charge < -0.3 is 9.64 Å². The lowest BCUT2D eigenvalue weighted by molar-refractivity contribution is -0.135. The molecule has 0 radical (unpaired) electrons. The largest absolute Gasteiger partial charge is 0.484 e. The third-order valence-corrected chi connectivity index (χ3v) is 6.02. The van der Waals surface area contributed by atoms with Gasteiger partial charge in [0.15, 0.2) is 6.61 Å². The first-order chi connectivity index (χ1) is 12.2. The minimum atomic E-state index is 0.100. The molecule has 4 nitrogen and oxygen atoms in total. The second-order valence-electron chi connectivity index (χ2n) is 7.82. The Kier molecular flexibility index (Phi) is 4.80. The molecule has 0 unspecified atom stereocenters. The van der Waals surface area contributed by atoms with E-state index in [1.165, 1.54) is 24.9 Å². The van der Waals surface area contributed by atoms with Gasteiger partial charge in [-0.05, 0) is 49.7 Å². The van der Waals surface area contributed by atoms with E-state index < -0.39 is 0 Å². The van der Waals surface area contributed by atoms with E-state index in [1.54, 1.807) is 0 Å². The standard InChI is InChI=1S/C21H28N2O2/c1-16-2-6-20(7-3-16)25-15-21(24)23-10-8-22(9-11-23)14-19-13-17-4-5-18(19)12-17/h2-7,17-19H,8-15H2,1H3/t17-,18+,19+/m1/s1. The van der Waals surface area contributed by atoms with Crippen molar-refractivity contribution < 1.29 is 9.53 Å². The van der Waals surface area contributed by atoms with Gasteiger partial charge in [-0.15, -0.1) is 0 Å². The summed E-state index contributed by atoms with van der Waals surface area (Å²) in [7, 11) is 0. The molecule has 4 heteroatoms. The zero-order valence-corrected chi connectivity index (χ0v) is 15.1. The van der Waals surface area contributed by atoms with Crippen LogP contribution in [0.25, 0.3) is 0 Å². The predicted molar refractivity (Wildman–Crippen MR) is 98.5 cm³/mol. The Hall–Kier alpha value is -1.81. The van der Waals surface area contributed by atoms with Gasteiger partial charge in [-0.1, -0.05) is 29.8 Å². The molecule has 4 rings (SSSR count). The van der Waals surface area contributed by atoms with Crippen LogP contribution in [0.4, 0.5) is 0 Å². The fourth-order valence-corrected chi connectivity index (χ4v) is 4.49. The predicted octanol–water partition coefficient (Wildman–Crippen LogP) is 2.73. The van der Waals surface area contributed by atoms with Crippen molar-refractivity contribution in [1.29, 1.82) is 0 Å². The average molecular weight is 340 g/mol. The van der Waals surface area contributed by atoms with Gasteiger partial charge in [-0.2, -0.15) is 0 Å². The van der Waals surface area contributed by atoms with Crippen LogP contribution < -0.4 is 4.74 Å². The highest BCUT2D eigenvalue weighted by atomic mass is 16.5. The Bertz CT molecular complexity index is 632. The number of fused-ring (bicyclic) bond motifs is 2. The molecule has 3 aliphatic rings. The minimum absolute atomic E-state index is 0.100. The maximum Gasteiger partial charge on any atom is 0.260 e. The van der Waals surface area contributed by atoms with Crippen LogP contribution >= 0.6 is 0 Å². The number of nitrogens with zero attached hydrogens (tertiary/aromatic N) is 2. The highest BCUT2D eigenvalue weighted by Crippen LogP contribution is 2.43. The van der Waals surface area contributed by atoms with Gasteiger partial charge in [0.2, 0.25) is 0 Å². The van der Waals surface area contributed by atoms with E-state index in [9.17, 15) is 4.79 Å². The molecule has 0 aromatic heterocycles. The molecule has 0 N–H and O–H groups in total. The fourth-order valence-electron chi connectivity index (χ4n) is 4.49. The van der Waals surface area contributed by atoms with Crippen LogP contribution in [0, 0.1) is 24.7 Å². The molecule has 0 spiro atoms. The lowest BCUT2D eigenvalue weighted by Crippen LogP contribution is -2.51. The van der Waals surface area contributed by atoms with Crippen molar-refractivity contribution >= 4 is 5.91 Å². The zero-order chi connectivity index (χ0) is 17.2. The normalized spacial score (nSPS) is 28.5. The van der Waals surface area contributed by atoms with Crippen molar-refractivity contribution in [2.45, 2.75) is 19.8 Å². The molecule has 1 aliphatic heterocycles. The molecular weight excluding hydrogens is 312 g/mol. The van der Waals surface area contributed by atoms with Gasteiger partial charge in [0.25, 0.3) is 5.91 Å². The third-order valence-electron chi connectivity index (χ3n) is 6.02. The number of hydrogen-bond acceptors (Lipinski definition) is 3. The number of aryl methyl sites for hydroxylation is 1. The molecule has 1 aromatic rings. The quantitative estimate of drug-likeness (QED) is 0.773. The van der Waals surface area contributed by atoms with Gasteiger partial charge in [-0.3, -0.25) is 9.69 Å². The molecule has 1 saturated carbocycles. The maximum atomic E-state index is 12.4. The lowest BCUT2D eigenvalue weighted by Gasteiger charge is -2.36. The number of hydrogen-bond donors (Lipinski definition) is 0. The Morgan fingerprint density at radius 3 is 2.48 bits per heavy atom. The number of amides is 1. The highest BCUT2D eigenvalue weighted by Gasteiger charge is 2.36. The second-order valence-corrected chi connectivity index (χ2v) is 7.82. The monoisotopic (exact) mass is 340 g/mol. The SMILES string of the molecule is Cc1ccc(OCC(=O)N2CCN(C[C@@H]3C[C@@H]4C=C[C@H]3C4)CC2)cc1. The van der Waals surface area contributed by atoms with Crippen molar-refractivity contribution in [3.63, 3.8) is 0 Å². The van der Waals surface area contributed by atoms with E-state index in [-0.39, 0.29) is 12.5 Å². The molecule has 134 valence electrons. The lowest BCUT2D eigenvalue weighted by atomic mass is 9.93. The first-order valence-electron chi connectivity index (χ1n) is 9.55. The van der Waals surface area contributed by atoms with E-state index in [1.807, 2.05) is 36.1 Å². The van der Waals surface area contributed by atoms with Crippen LogP contribution in [0.2, 0.25) is 0 Å². The molecule has 1 saturated heterocycles. The number of rotatable bonds is 5.